The smallest absolute Gasteiger partial charge is 0.219 e. The van der Waals surface area contributed by atoms with Gasteiger partial charge in [-0.3, -0.25) is 4.98 Å². The molecule has 0 aliphatic carbocycles. The molecule has 2 aromatic heterocycles. The molecule has 0 radical (unpaired) electrons. The van der Waals surface area contributed by atoms with E-state index in [0.29, 0.717) is 11.6 Å². The highest BCUT2D eigenvalue weighted by atomic mass is 19.1. The Morgan fingerprint density at radius 3 is 2.39 bits per heavy atom. The van der Waals surface area contributed by atoms with E-state index in [1.54, 1.807) is 18.3 Å². The third-order valence-electron chi connectivity index (χ3n) is 3.67. The van der Waals surface area contributed by atoms with Gasteiger partial charge < -0.3 is 4.74 Å². The molecule has 2 heterocycles. The zero-order chi connectivity index (χ0) is 16.2. The van der Waals surface area contributed by atoms with Crippen LogP contribution in [0, 0.1) is 12.7 Å². The molecule has 0 fully saturated rings. The lowest BCUT2D eigenvalue weighted by molar-refractivity contribution is 0.460. The topological polar surface area (TPSA) is 35.0 Å². The van der Waals surface area contributed by atoms with Gasteiger partial charge in [0.2, 0.25) is 5.88 Å². The van der Waals surface area contributed by atoms with Crippen molar-refractivity contribution in [3.63, 3.8) is 0 Å². The standard InChI is InChI=1S/C19H17FN2O/c1-3-14-11-22-19(10-13(14)2)23-17-8-9-18(21-12-17)15-4-6-16(20)7-5-15/h4-12H,3H2,1-2H3. The first-order valence-corrected chi connectivity index (χ1v) is 7.51. The molecule has 116 valence electrons. The molecule has 0 N–H and O–H groups in total. The number of halogens is 1. The van der Waals surface area contributed by atoms with Crippen molar-refractivity contribution in [1.82, 2.24) is 9.97 Å². The maximum Gasteiger partial charge on any atom is 0.219 e. The molecule has 0 spiro atoms. The SMILES string of the molecule is CCc1cnc(Oc2ccc(-c3ccc(F)cc3)nc2)cc1C. The van der Waals surface area contributed by atoms with E-state index in [4.69, 9.17) is 4.74 Å². The number of aromatic nitrogens is 2. The largest absolute Gasteiger partial charge is 0.437 e. The Balaban J connectivity index is 1.77. The summed E-state index contributed by atoms with van der Waals surface area (Å²) in [6.07, 6.45) is 4.43. The van der Waals surface area contributed by atoms with Crippen LogP contribution in [-0.2, 0) is 6.42 Å². The van der Waals surface area contributed by atoms with Crippen molar-refractivity contribution in [2.75, 3.05) is 0 Å². The van der Waals surface area contributed by atoms with Gasteiger partial charge in [-0.15, -0.1) is 0 Å². The Kier molecular flexibility index (Phi) is 4.33. The third-order valence-corrected chi connectivity index (χ3v) is 3.67. The highest BCUT2D eigenvalue weighted by molar-refractivity contribution is 5.59. The van der Waals surface area contributed by atoms with E-state index in [1.807, 2.05) is 31.3 Å². The summed E-state index contributed by atoms with van der Waals surface area (Å²) in [5.41, 5.74) is 4.00. The number of pyridine rings is 2. The maximum absolute atomic E-state index is 12.9. The second kappa shape index (κ2) is 6.57. The summed E-state index contributed by atoms with van der Waals surface area (Å²) in [5.74, 6) is 0.911. The molecule has 0 saturated heterocycles. The minimum Gasteiger partial charge on any atom is -0.437 e. The monoisotopic (exact) mass is 308 g/mol. The maximum atomic E-state index is 12.9. The van der Waals surface area contributed by atoms with Gasteiger partial charge in [0.1, 0.15) is 11.6 Å². The Labute approximate surface area is 134 Å². The van der Waals surface area contributed by atoms with Gasteiger partial charge in [-0.05, 0) is 60.9 Å². The lowest BCUT2D eigenvalue weighted by Gasteiger charge is -2.08. The first-order valence-electron chi connectivity index (χ1n) is 7.51. The van der Waals surface area contributed by atoms with Crippen molar-refractivity contribution in [2.45, 2.75) is 20.3 Å². The van der Waals surface area contributed by atoms with Crippen LogP contribution in [0.2, 0.25) is 0 Å². The molecule has 0 saturated carbocycles. The Bertz CT molecular complexity index is 799. The van der Waals surface area contributed by atoms with E-state index in [1.165, 1.54) is 17.7 Å². The van der Waals surface area contributed by atoms with Crippen molar-refractivity contribution in [2.24, 2.45) is 0 Å². The van der Waals surface area contributed by atoms with Gasteiger partial charge in [-0.2, -0.15) is 0 Å². The van der Waals surface area contributed by atoms with Crippen molar-refractivity contribution < 1.29 is 9.13 Å². The van der Waals surface area contributed by atoms with E-state index in [-0.39, 0.29) is 5.82 Å². The minimum absolute atomic E-state index is 0.259. The average Bonchev–Trinajstić information content (AvgIpc) is 2.57. The van der Waals surface area contributed by atoms with Gasteiger partial charge in [0.05, 0.1) is 11.9 Å². The number of hydrogen-bond acceptors (Lipinski definition) is 3. The molecule has 0 unspecified atom stereocenters. The van der Waals surface area contributed by atoms with Crippen molar-refractivity contribution in [3.05, 3.63) is 71.8 Å². The molecule has 0 atom stereocenters. The number of benzene rings is 1. The van der Waals surface area contributed by atoms with Gasteiger partial charge in [-0.25, -0.2) is 9.37 Å². The van der Waals surface area contributed by atoms with Crippen LogP contribution < -0.4 is 4.74 Å². The number of nitrogens with zero attached hydrogens (tertiary/aromatic N) is 2. The molecule has 0 bridgehead atoms. The van der Waals surface area contributed by atoms with E-state index < -0.39 is 0 Å². The molecule has 3 nitrogen and oxygen atoms in total. The highest BCUT2D eigenvalue weighted by Gasteiger charge is 2.04. The van der Waals surface area contributed by atoms with Gasteiger partial charge in [0.15, 0.2) is 0 Å². The van der Waals surface area contributed by atoms with Gasteiger partial charge in [0.25, 0.3) is 0 Å². The molecular weight excluding hydrogens is 291 g/mol. The summed E-state index contributed by atoms with van der Waals surface area (Å²) >= 11 is 0. The lowest BCUT2D eigenvalue weighted by Crippen LogP contribution is -1.93. The fourth-order valence-electron chi connectivity index (χ4n) is 2.34. The molecule has 4 heteroatoms. The molecule has 0 aliphatic rings. The molecular formula is C19H17FN2O. The van der Waals surface area contributed by atoms with Gasteiger partial charge in [-0.1, -0.05) is 6.92 Å². The van der Waals surface area contributed by atoms with Crippen LogP contribution in [0.1, 0.15) is 18.1 Å². The molecule has 0 aliphatic heterocycles. The second-order valence-electron chi connectivity index (χ2n) is 5.29. The Morgan fingerprint density at radius 2 is 1.78 bits per heavy atom. The van der Waals surface area contributed by atoms with Crippen LogP contribution in [0.4, 0.5) is 4.39 Å². The van der Waals surface area contributed by atoms with Crippen LogP contribution >= 0.6 is 0 Å². The summed E-state index contributed by atoms with van der Waals surface area (Å²) in [6, 6.07) is 11.8. The number of aryl methyl sites for hydroxylation is 2. The lowest BCUT2D eigenvalue weighted by atomic mass is 10.1. The number of ether oxygens (including phenoxy) is 1. The van der Waals surface area contributed by atoms with Crippen LogP contribution in [0.15, 0.2) is 54.9 Å². The second-order valence-corrected chi connectivity index (χ2v) is 5.29. The Hall–Kier alpha value is -2.75. The van der Waals surface area contributed by atoms with E-state index in [9.17, 15) is 4.39 Å². The number of rotatable bonds is 4. The van der Waals surface area contributed by atoms with Gasteiger partial charge >= 0.3 is 0 Å². The van der Waals surface area contributed by atoms with E-state index >= 15 is 0 Å². The van der Waals surface area contributed by atoms with Crippen LogP contribution in [0.25, 0.3) is 11.3 Å². The van der Waals surface area contributed by atoms with E-state index in [0.717, 1.165) is 23.2 Å². The van der Waals surface area contributed by atoms with E-state index in [2.05, 4.69) is 16.9 Å². The summed E-state index contributed by atoms with van der Waals surface area (Å²) < 4.78 is 18.7. The normalized spacial score (nSPS) is 10.6. The summed E-state index contributed by atoms with van der Waals surface area (Å²) in [5, 5.41) is 0. The third kappa shape index (κ3) is 3.54. The Morgan fingerprint density at radius 1 is 1.00 bits per heavy atom. The fraction of sp³-hybridized carbons (Fsp3) is 0.158. The molecule has 3 rings (SSSR count). The van der Waals surface area contributed by atoms with Crippen molar-refractivity contribution in [1.29, 1.82) is 0 Å². The first-order chi connectivity index (χ1) is 11.2. The van der Waals surface area contributed by atoms with Gasteiger partial charge in [0, 0.05) is 17.8 Å². The summed E-state index contributed by atoms with van der Waals surface area (Å²) in [6.45, 7) is 4.14. The molecule has 0 amide bonds. The summed E-state index contributed by atoms with van der Waals surface area (Å²) in [7, 11) is 0. The zero-order valence-electron chi connectivity index (χ0n) is 13.1. The molecule has 3 aromatic rings. The van der Waals surface area contributed by atoms with Crippen molar-refractivity contribution >= 4 is 0 Å². The van der Waals surface area contributed by atoms with Crippen LogP contribution in [0.5, 0.6) is 11.6 Å². The molecule has 23 heavy (non-hydrogen) atoms. The highest BCUT2D eigenvalue weighted by Crippen LogP contribution is 2.24. The zero-order valence-corrected chi connectivity index (χ0v) is 13.1. The number of hydrogen-bond donors (Lipinski definition) is 0. The predicted molar refractivity (Wildman–Crippen MR) is 88.1 cm³/mol. The molecule has 1 aromatic carbocycles. The van der Waals surface area contributed by atoms with Crippen LogP contribution in [0.3, 0.4) is 0 Å². The van der Waals surface area contributed by atoms with Crippen molar-refractivity contribution in [3.8, 4) is 22.9 Å². The minimum atomic E-state index is -0.259. The summed E-state index contributed by atoms with van der Waals surface area (Å²) in [4.78, 5) is 8.66. The quantitative estimate of drug-likeness (QED) is 0.684. The predicted octanol–water partition coefficient (Wildman–Crippen LogP) is 4.95. The first kappa shape index (κ1) is 15.2. The average molecular weight is 308 g/mol. The van der Waals surface area contributed by atoms with Crippen LogP contribution in [-0.4, -0.2) is 9.97 Å². The fourth-order valence-corrected chi connectivity index (χ4v) is 2.34.